The molecule has 0 atom stereocenters. The smallest absolute Gasteiger partial charge is 0.330 e. The van der Waals surface area contributed by atoms with Crippen molar-refractivity contribution >= 4 is 11.9 Å². The summed E-state index contributed by atoms with van der Waals surface area (Å²) in [6.45, 7) is 10.9. The molecule has 0 aromatic rings. The van der Waals surface area contributed by atoms with Crippen LogP contribution < -0.4 is 0 Å². The highest BCUT2D eigenvalue weighted by Gasteiger charge is 1.91. The number of aliphatic hydroxyl groups excluding tert-OH is 4. The van der Waals surface area contributed by atoms with E-state index in [1.165, 1.54) is 6.92 Å². The molecule has 0 saturated heterocycles. The summed E-state index contributed by atoms with van der Waals surface area (Å²) >= 11 is 0. The molecule has 11 heteroatoms. The fourth-order valence-electron chi connectivity index (χ4n) is 1.25. The van der Waals surface area contributed by atoms with Gasteiger partial charge in [0.05, 0.1) is 52.9 Å². The van der Waals surface area contributed by atoms with Crippen LogP contribution in [0.2, 0.25) is 0 Å². The van der Waals surface area contributed by atoms with Gasteiger partial charge in [-0.15, -0.1) is 0 Å². The number of aliphatic carboxylic acids is 2. The van der Waals surface area contributed by atoms with Gasteiger partial charge in [0.15, 0.2) is 0 Å². The van der Waals surface area contributed by atoms with Crippen LogP contribution in [-0.2, 0) is 23.8 Å². The fraction of sp³-hybridized carbons (Fsp3) is 0.714. The Morgan fingerprint density at radius 1 is 0.688 bits per heavy atom. The molecule has 192 valence electrons. The summed E-state index contributed by atoms with van der Waals surface area (Å²) in [5.74, 6) is -1.92. The van der Waals surface area contributed by atoms with Crippen molar-refractivity contribution in [2.75, 3.05) is 66.1 Å². The third-order valence-corrected chi connectivity index (χ3v) is 2.82. The molecule has 11 nitrogen and oxygen atoms in total. The number of unbranched alkanes of at least 4 members (excludes halogenated alkanes) is 3. The minimum atomic E-state index is -0.981. The predicted octanol–water partition coefficient (Wildman–Crippen LogP) is 0.456. The number of aliphatic hydroxyl groups is 4. The molecule has 0 spiro atoms. The van der Waals surface area contributed by atoms with Crippen LogP contribution in [0.3, 0.4) is 0 Å². The Morgan fingerprint density at radius 3 is 1.16 bits per heavy atom. The summed E-state index contributed by atoms with van der Waals surface area (Å²) in [6, 6.07) is 0. The van der Waals surface area contributed by atoms with Gasteiger partial charge < -0.3 is 44.8 Å². The van der Waals surface area contributed by atoms with Crippen LogP contribution in [0.5, 0.6) is 0 Å². The summed E-state index contributed by atoms with van der Waals surface area (Å²) in [5, 5.41) is 48.8. The van der Waals surface area contributed by atoms with E-state index < -0.39 is 11.9 Å². The number of rotatable bonds is 17. The number of carbonyl (C=O) groups is 2. The van der Waals surface area contributed by atoms with Crippen molar-refractivity contribution in [2.45, 2.75) is 32.6 Å². The fourth-order valence-corrected chi connectivity index (χ4v) is 1.25. The average Bonchev–Trinajstić information content (AvgIpc) is 2.77. The number of carboxylic acid groups (broad SMARTS) is 2. The van der Waals surface area contributed by atoms with E-state index in [9.17, 15) is 9.59 Å². The summed E-state index contributed by atoms with van der Waals surface area (Å²) < 4.78 is 15.0. The number of ether oxygens (including phenoxy) is 3. The van der Waals surface area contributed by atoms with Gasteiger partial charge in [0, 0.05) is 24.9 Å². The van der Waals surface area contributed by atoms with E-state index in [2.05, 4.69) is 13.2 Å². The molecule has 0 heterocycles. The minimum Gasteiger partial charge on any atom is -0.478 e. The quantitative estimate of drug-likeness (QED) is 0.128. The van der Waals surface area contributed by atoms with E-state index in [1.54, 1.807) is 0 Å². The van der Waals surface area contributed by atoms with Gasteiger partial charge in [-0.25, -0.2) is 9.59 Å². The van der Waals surface area contributed by atoms with Gasteiger partial charge in [-0.3, -0.25) is 0 Å². The molecule has 0 aromatic carbocycles. The molecule has 0 aromatic heterocycles. The van der Waals surface area contributed by atoms with E-state index >= 15 is 0 Å². The van der Waals surface area contributed by atoms with Gasteiger partial charge in [0.1, 0.15) is 0 Å². The van der Waals surface area contributed by atoms with Crippen molar-refractivity contribution in [3.63, 3.8) is 0 Å². The Hall–Kier alpha value is -1.86. The number of hydrogen-bond donors (Lipinski definition) is 6. The summed E-state index contributed by atoms with van der Waals surface area (Å²) in [7, 11) is 0. The molecule has 0 saturated carbocycles. The van der Waals surface area contributed by atoms with Crippen LogP contribution in [0, 0.1) is 0 Å². The lowest BCUT2D eigenvalue weighted by Crippen LogP contribution is -2.11. The maximum absolute atomic E-state index is 9.60. The van der Waals surface area contributed by atoms with E-state index in [4.69, 9.17) is 44.8 Å². The molecule has 0 radical (unpaired) electrons. The maximum atomic E-state index is 9.60. The third-order valence-electron chi connectivity index (χ3n) is 2.82. The van der Waals surface area contributed by atoms with Crippen LogP contribution in [0.15, 0.2) is 24.8 Å². The second-order valence-electron chi connectivity index (χ2n) is 5.77. The minimum absolute atomic E-state index is 0.0413. The van der Waals surface area contributed by atoms with Crippen LogP contribution in [0.25, 0.3) is 0 Å². The molecule has 0 aliphatic heterocycles. The van der Waals surface area contributed by atoms with Gasteiger partial charge >= 0.3 is 11.9 Å². The molecule has 0 bridgehead atoms. The second-order valence-corrected chi connectivity index (χ2v) is 5.77. The first kappa shape index (κ1) is 37.5. The Balaban J connectivity index is -0.000000177. The average molecular weight is 471 g/mol. The number of hydrogen-bond acceptors (Lipinski definition) is 9. The first-order valence-electron chi connectivity index (χ1n) is 10.2. The zero-order valence-electron chi connectivity index (χ0n) is 19.1. The molecule has 6 N–H and O–H groups in total. The normalized spacial score (nSPS) is 9.16. The second kappa shape index (κ2) is 36.5. The highest BCUT2D eigenvalue weighted by molar-refractivity contribution is 5.84. The Kier molecular flexibility index (Phi) is 42.7. The summed E-state index contributed by atoms with van der Waals surface area (Å²) in [5.41, 5.74) is 0.176. The topological polar surface area (TPSA) is 183 Å². The molecule has 32 heavy (non-hydrogen) atoms. The van der Waals surface area contributed by atoms with Crippen molar-refractivity contribution < 1.29 is 54.4 Å². The van der Waals surface area contributed by atoms with Crippen molar-refractivity contribution in [3.8, 4) is 0 Å². The Morgan fingerprint density at radius 2 is 0.969 bits per heavy atom. The summed E-state index contributed by atoms with van der Waals surface area (Å²) in [6.07, 6.45) is 4.66. The number of carboxylic acids is 2. The first-order valence-corrected chi connectivity index (χ1v) is 10.2. The van der Waals surface area contributed by atoms with Gasteiger partial charge in [0.2, 0.25) is 0 Å². The third kappa shape index (κ3) is 56.6. The molecule has 0 rings (SSSR count). The predicted molar refractivity (Wildman–Crippen MR) is 120 cm³/mol. The molecule has 0 aliphatic carbocycles. The van der Waals surface area contributed by atoms with Crippen molar-refractivity contribution in [3.05, 3.63) is 24.8 Å². The molecule has 0 unspecified atom stereocenters. The van der Waals surface area contributed by atoms with Gasteiger partial charge in [-0.1, -0.05) is 26.0 Å². The summed E-state index contributed by atoms with van der Waals surface area (Å²) in [4.78, 5) is 18.8. The molecule has 0 fully saturated rings. The molecule has 0 amide bonds. The van der Waals surface area contributed by atoms with E-state index in [-0.39, 0.29) is 32.0 Å². The van der Waals surface area contributed by atoms with Gasteiger partial charge in [0.25, 0.3) is 0 Å². The van der Waals surface area contributed by atoms with Crippen molar-refractivity contribution in [1.82, 2.24) is 0 Å². The van der Waals surface area contributed by atoms with Gasteiger partial charge in [-0.05, 0) is 19.8 Å². The lowest BCUT2D eigenvalue weighted by atomic mass is 10.2. The van der Waals surface area contributed by atoms with Gasteiger partial charge in [-0.2, -0.15) is 0 Å². The zero-order chi connectivity index (χ0) is 25.5. The largest absolute Gasteiger partial charge is 0.478 e. The molecular weight excluding hydrogens is 428 g/mol. The lowest BCUT2D eigenvalue weighted by Gasteiger charge is -2.04. The SMILES string of the molecule is C=C(C)C(=O)O.C=CC(=O)O.OCCCCCCO.OCCOCCOCCOCCO. The Labute approximate surface area is 190 Å². The van der Waals surface area contributed by atoms with Crippen LogP contribution in [-0.4, -0.2) is 109 Å². The van der Waals surface area contributed by atoms with Crippen molar-refractivity contribution in [2.24, 2.45) is 0 Å². The standard InChI is InChI=1S/C8H18O5.C6H14O2.C4H6O2.C3H4O2/c9-1-3-11-5-7-13-8-6-12-4-2-10;7-5-3-1-2-4-6-8;1-3(2)4(5)6;1-2-3(4)5/h9-10H,1-8H2;7-8H,1-6H2;1H2,2H3,(H,5,6);2H,1H2,(H,4,5). The molecular formula is C21H42O11. The first-order chi connectivity index (χ1) is 15.2. The zero-order valence-corrected chi connectivity index (χ0v) is 19.1. The van der Waals surface area contributed by atoms with E-state index in [1.807, 2.05) is 0 Å². The highest BCUT2D eigenvalue weighted by atomic mass is 16.5. The maximum Gasteiger partial charge on any atom is 0.330 e. The highest BCUT2D eigenvalue weighted by Crippen LogP contribution is 1.96. The van der Waals surface area contributed by atoms with Crippen molar-refractivity contribution in [1.29, 1.82) is 0 Å². The van der Waals surface area contributed by atoms with Crippen LogP contribution in [0.4, 0.5) is 0 Å². The molecule has 0 aliphatic rings. The van der Waals surface area contributed by atoms with Crippen LogP contribution in [0.1, 0.15) is 32.6 Å². The Bertz CT molecular complexity index is 387. The monoisotopic (exact) mass is 470 g/mol. The lowest BCUT2D eigenvalue weighted by molar-refractivity contribution is -0.133. The van der Waals surface area contributed by atoms with E-state index in [0.29, 0.717) is 39.6 Å². The van der Waals surface area contributed by atoms with Crippen LogP contribution >= 0.6 is 0 Å². The van der Waals surface area contributed by atoms with E-state index in [0.717, 1.165) is 31.8 Å².